The molecule has 2 saturated heterocycles. The van der Waals surface area contributed by atoms with E-state index in [2.05, 4.69) is 5.32 Å². The summed E-state index contributed by atoms with van der Waals surface area (Å²) in [6.07, 6.45) is 5.38. The lowest BCUT2D eigenvalue weighted by Gasteiger charge is -2.29. The van der Waals surface area contributed by atoms with E-state index in [1.807, 2.05) is 0 Å². The minimum atomic E-state index is -3.48. The van der Waals surface area contributed by atoms with Gasteiger partial charge in [-0.15, -0.1) is 0 Å². The molecule has 2 aliphatic heterocycles. The van der Waals surface area contributed by atoms with E-state index < -0.39 is 16.3 Å². The Morgan fingerprint density at radius 1 is 1.05 bits per heavy atom. The minimum absolute atomic E-state index is 0.198. The monoisotopic (exact) mass is 289 g/mol. The third-order valence-corrected chi connectivity index (χ3v) is 5.99. The summed E-state index contributed by atoms with van der Waals surface area (Å²) in [5.41, 5.74) is 0. The standard InChI is InChI=1S/C12H23N3O3S/c1-13-12(16)11-7-6-10-15(11)19(17,18)14-8-4-2-3-5-9-14/h11H,2-10H2,1H3,(H,13,16). The highest BCUT2D eigenvalue weighted by Crippen LogP contribution is 2.25. The van der Waals surface area contributed by atoms with Crippen LogP contribution in [0.4, 0.5) is 0 Å². The fraction of sp³-hybridized carbons (Fsp3) is 0.917. The van der Waals surface area contributed by atoms with Crippen molar-refractivity contribution in [2.24, 2.45) is 0 Å². The first-order chi connectivity index (χ1) is 9.07. The first kappa shape index (κ1) is 14.7. The molecule has 0 spiro atoms. The molecule has 110 valence electrons. The highest BCUT2D eigenvalue weighted by molar-refractivity contribution is 7.86. The number of rotatable bonds is 3. The Hall–Kier alpha value is -0.660. The number of hydrogen-bond donors (Lipinski definition) is 1. The fourth-order valence-corrected chi connectivity index (χ4v) is 4.76. The van der Waals surface area contributed by atoms with Crippen LogP contribution in [0.1, 0.15) is 38.5 Å². The van der Waals surface area contributed by atoms with Gasteiger partial charge >= 0.3 is 0 Å². The van der Waals surface area contributed by atoms with E-state index in [1.54, 1.807) is 11.4 Å². The first-order valence-corrected chi connectivity index (χ1v) is 8.45. The van der Waals surface area contributed by atoms with Crippen molar-refractivity contribution >= 4 is 16.1 Å². The van der Waals surface area contributed by atoms with Gasteiger partial charge in [-0.2, -0.15) is 17.0 Å². The number of carbonyl (C=O) groups is 1. The van der Waals surface area contributed by atoms with E-state index >= 15 is 0 Å². The summed E-state index contributed by atoms with van der Waals surface area (Å²) >= 11 is 0. The summed E-state index contributed by atoms with van der Waals surface area (Å²) in [4.78, 5) is 11.8. The van der Waals surface area contributed by atoms with Gasteiger partial charge in [-0.05, 0) is 25.7 Å². The van der Waals surface area contributed by atoms with Crippen LogP contribution in [0.15, 0.2) is 0 Å². The fourth-order valence-electron chi connectivity index (χ4n) is 2.87. The predicted molar refractivity (Wildman–Crippen MR) is 72.8 cm³/mol. The van der Waals surface area contributed by atoms with Crippen LogP contribution >= 0.6 is 0 Å². The molecule has 7 heteroatoms. The summed E-state index contributed by atoms with van der Waals surface area (Å²) < 4.78 is 28.2. The summed E-state index contributed by atoms with van der Waals surface area (Å²) in [6.45, 7) is 1.62. The lowest BCUT2D eigenvalue weighted by molar-refractivity contribution is -0.123. The Kier molecular flexibility index (Phi) is 4.81. The van der Waals surface area contributed by atoms with Crippen molar-refractivity contribution < 1.29 is 13.2 Å². The van der Waals surface area contributed by atoms with Crippen molar-refractivity contribution in [2.75, 3.05) is 26.7 Å². The second-order valence-electron chi connectivity index (χ2n) is 5.20. The average Bonchev–Trinajstić information content (AvgIpc) is 2.73. The van der Waals surface area contributed by atoms with Gasteiger partial charge in [0.15, 0.2) is 0 Å². The second-order valence-corrected chi connectivity index (χ2v) is 7.09. The van der Waals surface area contributed by atoms with Crippen molar-refractivity contribution in [3.05, 3.63) is 0 Å². The van der Waals surface area contributed by atoms with Crippen LogP contribution in [0.25, 0.3) is 0 Å². The highest BCUT2D eigenvalue weighted by Gasteiger charge is 2.41. The van der Waals surface area contributed by atoms with Crippen LogP contribution in [-0.4, -0.2) is 55.7 Å². The lowest BCUT2D eigenvalue weighted by Crippen LogP contribution is -2.50. The van der Waals surface area contributed by atoms with Gasteiger partial charge in [0, 0.05) is 26.7 Å². The van der Waals surface area contributed by atoms with Gasteiger partial charge in [0.1, 0.15) is 6.04 Å². The molecule has 0 bridgehead atoms. The molecular weight excluding hydrogens is 266 g/mol. The topological polar surface area (TPSA) is 69.7 Å². The molecule has 1 N–H and O–H groups in total. The Morgan fingerprint density at radius 2 is 1.68 bits per heavy atom. The first-order valence-electron chi connectivity index (χ1n) is 7.06. The van der Waals surface area contributed by atoms with Crippen molar-refractivity contribution in [3.8, 4) is 0 Å². The maximum absolute atomic E-state index is 12.6. The number of amides is 1. The Bertz CT molecular complexity index is 416. The Balaban J connectivity index is 2.15. The quantitative estimate of drug-likeness (QED) is 0.813. The summed E-state index contributed by atoms with van der Waals surface area (Å²) in [5, 5.41) is 2.56. The van der Waals surface area contributed by atoms with Crippen LogP contribution in [0, 0.1) is 0 Å². The molecule has 0 aliphatic carbocycles. The van der Waals surface area contributed by atoms with Gasteiger partial charge in [0.05, 0.1) is 0 Å². The molecule has 2 rings (SSSR count). The Morgan fingerprint density at radius 3 is 2.26 bits per heavy atom. The molecule has 0 aromatic rings. The summed E-state index contributed by atoms with van der Waals surface area (Å²) in [5.74, 6) is -0.198. The van der Waals surface area contributed by atoms with E-state index in [-0.39, 0.29) is 5.91 Å². The molecule has 0 radical (unpaired) electrons. The van der Waals surface area contributed by atoms with E-state index in [0.717, 1.165) is 32.1 Å². The largest absolute Gasteiger partial charge is 0.358 e. The third-order valence-electron chi connectivity index (χ3n) is 3.94. The summed E-state index contributed by atoms with van der Waals surface area (Å²) in [6, 6.07) is -0.529. The maximum atomic E-state index is 12.6. The molecule has 1 unspecified atom stereocenters. The normalized spacial score (nSPS) is 27.1. The predicted octanol–water partition coefficient (Wildman–Crippen LogP) is 0.318. The molecule has 6 nitrogen and oxygen atoms in total. The minimum Gasteiger partial charge on any atom is -0.358 e. The lowest BCUT2D eigenvalue weighted by atomic mass is 10.2. The SMILES string of the molecule is CNC(=O)C1CCCN1S(=O)(=O)N1CCCCCC1. The van der Waals surface area contributed by atoms with E-state index in [0.29, 0.717) is 26.1 Å². The molecule has 1 amide bonds. The van der Waals surface area contributed by atoms with E-state index in [1.165, 1.54) is 4.31 Å². The zero-order chi connectivity index (χ0) is 13.9. The van der Waals surface area contributed by atoms with Gasteiger partial charge in [-0.1, -0.05) is 12.8 Å². The van der Waals surface area contributed by atoms with Crippen LogP contribution < -0.4 is 5.32 Å². The molecule has 2 fully saturated rings. The average molecular weight is 289 g/mol. The smallest absolute Gasteiger partial charge is 0.282 e. The van der Waals surface area contributed by atoms with Crippen LogP contribution in [-0.2, 0) is 15.0 Å². The zero-order valence-corrected chi connectivity index (χ0v) is 12.3. The van der Waals surface area contributed by atoms with Crippen LogP contribution in [0.5, 0.6) is 0 Å². The Labute approximate surface area is 115 Å². The number of likely N-dealkylation sites (N-methyl/N-ethyl adjacent to an activating group) is 1. The molecular formula is C12H23N3O3S. The molecule has 2 heterocycles. The third kappa shape index (κ3) is 3.09. The molecule has 0 aromatic carbocycles. The second kappa shape index (κ2) is 6.19. The highest BCUT2D eigenvalue weighted by atomic mass is 32.2. The number of hydrogen-bond acceptors (Lipinski definition) is 3. The molecule has 0 saturated carbocycles. The van der Waals surface area contributed by atoms with Crippen LogP contribution in [0.2, 0.25) is 0 Å². The van der Waals surface area contributed by atoms with Gasteiger partial charge in [-0.3, -0.25) is 4.79 Å². The number of carbonyl (C=O) groups excluding carboxylic acids is 1. The van der Waals surface area contributed by atoms with Crippen molar-refractivity contribution in [2.45, 2.75) is 44.6 Å². The van der Waals surface area contributed by atoms with Gasteiger partial charge in [-0.25, -0.2) is 0 Å². The van der Waals surface area contributed by atoms with Crippen LogP contribution in [0.3, 0.4) is 0 Å². The van der Waals surface area contributed by atoms with Gasteiger partial charge < -0.3 is 5.32 Å². The number of nitrogens with zero attached hydrogens (tertiary/aromatic N) is 2. The van der Waals surface area contributed by atoms with Gasteiger partial charge in [0.2, 0.25) is 5.91 Å². The molecule has 19 heavy (non-hydrogen) atoms. The zero-order valence-electron chi connectivity index (χ0n) is 11.5. The van der Waals surface area contributed by atoms with Crippen molar-refractivity contribution in [1.82, 2.24) is 13.9 Å². The maximum Gasteiger partial charge on any atom is 0.282 e. The van der Waals surface area contributed by atoms with E-state index in [4.69, 9.17) is 0 Å². The van der Waals surface area contributed by atoms with E-state index in [9.17, 15) is 13.2 Å². The summed E-state index contributed by atoms with van der Waals surface area (Å²) in [7, 11) is -1.93. The van der Waals surface area contributed by atoms with Gasteiger partial charge in [0.25, 0.3) is 10.2 Å². The van der Waals surface area contributed by atoms with Crippen molar-refractivity contribution in [3.63, 3.8) is 0 Å². The molecule has 0 aromatic heterocycles. The van der Waals surface area contributed by atoms with Crippen molar-refractivity contribution in [1.29, 1.82) is 0 Å². The molecule has 2 aliphatic rings. The number of nitrogens with one attached hydrogen (secondary N) is 1. The molecule has 1 atom stereocenters.